The summed E-state index contributed by atoms with van der Waals surface area (Å²) in [6.45, 7) is 5.04. The fourth-order valence-corrected chi connectivity index (χ4v) is 2.28. The molecule has 1 aromatic rings. The minimum Gasteiger partial charge on any atom is -0.302 e. The molecule has 17 heavy (non-hydrogen) atoms. The highest BCUT2D eigenvalue weighted by Gasteiger charge is 2.24. The third-order valence-corrected chi connectivity index (χ3v) is 3.65. The van der Waals surface area contributed by atoms with E-state index >= 15 is 0 Å². The van der Waals surface area contributed by atoms with E-state index in [0.29, 0.717) is 12.2 Å². The van der Waals surface area contributed by atoms with Crippen molar-refractivity contribution in [3.63, 3.8) is 0 Å². The zero-order valence-corrected chi connectivity index (χ0v) is 10.9. The predicted molar refractivity (Wildman–Crippen MR) is 70.5 cm³/mol. The Morgan fingerprint density at radius 1 is 1.35 bits per heavy atom. The fourth-order valence-electron chi connectivity index (χ4n) is 2.16. The molecule has 1 aromatic carbocycles. The number of hydrogen-bond donors (Lipinski definition) is 0. The Kier molecular flexibility index (Phi) is 4.19. The number of ketones is 1. The number of carbonyl (C=O) groups excluding carboxylic acids is 1. The van der Waals surface area contributed by atoms with Crippen molar-refractivity contribution in [2.24, 2.45) is 0 Å². The molecule has 0 spiro atoms. The summed E-state index contributed by atoms with van der Waals surface area (Å²) >= 11 is 5.88. The zero-order chi connectivity index (χ0) is 12.3. The second kappa shape index (κ2) is 5.65. The maximum absolute atomic E-state index is 12.0. The summed E-state index contributed by atoms with van der Waals surface area (Å²) in [4.78, 5) is 14.4. The first-order chi connectivity index (χ1) is 8.20. The number of benzene rings is 1. The lowest BCUT2D eigenvalue weighted by Gasteiger charge is -2.33. The summed E-state index contributed by atoms with van der Waals surface area (Å²) in [7, 11) is 0. The normalized spacial score (nSPS) is 17.5. The van der Waals surface area contributed by atoms with Gasteiger partial charge in [0.25, 0.3) is 0 Å². The maximum atomic E-state index is 12.0. The van der Waals surface area contributed by atoms with Gasteiger partial charge in [0.1, 0.15) is 5.78 Å². The van der Waals surface area contributed by atoms with Crippen LogP contribution in [0.5, 0.6) is 0 Å². The van der Waals surface area contributed by atoms with Crippen LogP contribution in [0.4, 0.5) is 0 Å². The molecule has 1 heterocycles. The van der Waals surface area contributed by atoms with E-state index in [9.17, 15) is 4.79 Å². The van der Waals surface area contributed by atoms with Gasteiger partial charge in [-0.15, -0.1) is 0 Å². The molecule has 0 radical (unpaired) electrons. The van der Waals surface area contributed by atoms with Crippen LogP contribution in [0.2, 0.25) is 5.02 Å². The Bertz CT molecular complexity index is 384. The third-order valence-electron chi connectivity index (χ3n) is 3.40. The molecule has 0 saturated carbocycles. The predicted octanol–water partition coefficient (Wildman–Crippen LogP) is 3.11. The van der Waals surface area contributed by atoms with Crippen LogP contribution in [0.3, 0.4) is 0 Å². The van der Waals surface area contributed by atoms with Crippen molar-refractivity contribution in [3.05, 3.63) is 34.9 Å². The minimum absolute atomic E-state index is 0.0116. The summed E-state index contributed by atoms with van der Waals surface area (Å²) in [6.07, 6.45) is 1.86. The molecule has 1 aliphatic heterocycles. The van der Waals surface area contributed by atoms with Crippen LogP contribution in [0.15, 0.2) is 24.3 Å². The Morgan fingerprint density at radius 2 is 2.00 bits per heavy atom. The molecule has 0 unspecified atom stereocenters. The molecule has 0 amide bonds. The van der Waals surface area contributed by atoms with Crippen molar-refractivity contribution in [3.8, 4) is 0 Å². The van der Waals surface area contributed by atoms with E-state index in [1.165, 1.54) is 6.42 Å². The van der Waals surface area contributed by atoms with Crippen molar-refractivity contribution in [2.45, 2.75) is 25.7 Å². The highest BCUT2D eigenvalue weighted by atomic mass is 35.5. The number of likely N-dealkylation sites (tertiary alicyclic amines) is 1. The van der Waals surface area contributed by atoms with Gasteiger partial charge in [0, 0.05) is 18.0 Å². The van der Waals surface area contributed by atoms with Gasteiger partial charge in [-0.1, -0.05) is 30.7 Å². The van der Waals surface area contributed by atoms with Gasteiger partial charge in [-0.05, 0) is 37.2 Å². The average molecular weight is 252 g/mol. The Hall–Kier alpha value is -0.860. The summed E-state index contributed by atoms with van der Waals surface area (Å²) in [6, 6.07) is 7.67. The van der Waals surface area contributed by atoms with Gasteiger partial charge in [0.05, 0.1) is 5.92 Å². The van der Waals surface area contributed by atoms with Crippen molar-refractivity contribution in [1.82, 2.24) is 4.90 Å². The van der Waals surface area contributed by atoms with Crippen molar-refractivity contribution >= 4 is 17.4 Å². The van der Waals surface area contributed by atoms with Crippen LogP contribution in [0, 0.1) is 0 Å². The number of halogens is 1. The first kappa shape index (κ1) is 12.6. The fraction of sp³-hybridized carbons (Fsp3) is 0.500. The van der Waals surface area contributed by atoms with Gasteiger partial charge in [-0.25, -0.2) is 0 Å². The van der Waals surface area contributed by atoms with Crippen LogP contribution >= 0.6 is 11.6 Å². The monoisotopic (exact) mass is 251 g/mol. The van der Waals surface area contributed by atoms with E-state index in [-0.39, 0.29) is 5.92 Å². The van der Waals surface area contributed by atoms with Crippen molar-refractivity contribution < 1.29 is 4.79 Å². The first-order valence-electron chi connectivity index (χ1n) is 6.21. The lowest BCUT2D eigenvalue weighted by Crippen LogP contribution is -2.41. The molecule has 2 rings (SSSR count). The van der Waals surface area contributed by atoms with Gasteiger partial charge in [0.2, 0.25) is 0 Å². The molecule has 1 atom stereocenters. The van der Waals surface area contributed by atoms with E-state index < -0.39 is 0 Å². The molecule has 1 aliphatic rings. The van der Waals surface area contributed by atoms with Crippen LogP contribution in [0.25, 0.3) is 0 Å². The molecule has 0 aliphatic carbocycles. The third kappa shape index (κ3) is 3.08. The van der Waals surface area contributed by atoms with Crippen LogP contribution in [0.1, 0.15) is 31.2 Å². The van der Waals surface area contributed by atoms with Crippen molar-refractivity contribution in [2.75, 3.05) is 19.6 Å². The number of nitrogens with zero attached hydrogens (tertiary/aromatic N) is 1. The van der Waals surface area contributed by atoms with Gasteiger partial charge < -0.3 is 4.90 Å². The van der Waals surface area contributed by atoms with Crippen LogP contribution < -0.4 is 0 Å². The SMILES string of the molecule is CCC(=O)[C@H](CN1CCC1)c1ccc(Cl)cc1. The molecule has 1 saturated heterocycles. The first-order valence-corrected chi connectivity index (χ1v) is 6.59. The van der Waals surface area contributed by atoms with Gasteiger partial charge in [0.15, 0.2) is 0 Å². The van der Waals surface area contributed by atoms with Gasteiger partial charge >= 0.3 is 0 Å². The van der Waals surface area contributed by atoms with E-state index in [1.807, 2.05) is 31.2 Å². The molecule has 2 nitrogen and oxygen atoms in total. The Balaban J connectivity index is 2.13. The van der Waals surface area contributed by atoms with E-state index in [2.05, 4.69) is 4.90 Å². The number of carbonyl (C=O) groups is 1. The van der Waals surface area contributed by atoms with Crippen molar-refractivity contribution in [1.29, 1.82) is 0 Å². The lowest BCUT2D eigenvalue weighted by molar-refractivity contribution is -0.120. The molecule has 0 N–H and O–H groups in total. The standard InChI is InChI=1S/C14H18ClNO/c1-2-14(17)13(10-16-8-3-9-16)11-4-6-12(15)7-5-11/h4-7,13H,2-3,8-10H2,1H3/t13-/m1/s1. The van der Waals surface area contributed by atoms with Gasteiger partial charge in [-0.3, -0.25) is 4.79 Å². The summed E-state index contributed by atoms with van der Waals surface area (Å²) < 4.78 is 0. The van der Waals surface area contributed by atoms with E-state index in [0.717, 1.165) is 30.2 Å². The summed E-state index contributed by atoms with van der Waals surface area (Å²) in [5.74, 6) is 0.330. The van der Waals surface area contributed by atoms with Gasteiger partial charge in [-0.2, -0.15) is 0 Å². The van der Waals surface area contributed by atoms with E-state index in [1.54, 1.807) is 0 Å². The Labute approximate surface area is 108 Å². The van der Waals surface area contributed by atoms with E-state index in [4.69, 9.17) is 11.6 Å². The molecule has 1 fully saturated rings. The Morgan fingerprint density at radius 3 is 2.47 bits per heavy atom. The highest BCUT2D eigenvalue weighted by Crippen LogP contribution is 2.23. The summed E-state index contributed by atoms with van der Waals surface area (Å²) in [5, 5.41) is 0.723. The minimum atomic E-state index is 0.0116. The summed E-state index contributed by atoms with van der Waals surface area (Å²) in [5.41, 5.74) is 1.09. The molecular weight excluding hydrogens is 234 g/mol. The number of rotatable bonds is 5. The quantitative estimate of drug-likeness (QED) is 0.802. The van der Waals surface area contributed by atoms with Crippen LogP contribution in [-0.2, 0) is 4.79 Å². The second-order valence-corrected chi connectivity index (χ2v) is 5.01. The smallest absolute Gasteiger partial charge is 0.141 e. The number of hydrogen-bond acceptors (Lipinski definition) is 2. The van der Waals surface area contributed by atoms with Crippen LogP contribution in [-0.4, -0.2) is 30.3 Å². The molecular formula is C14H18ClNO. The maximum Gasteiger partial charge on any atom is 0.141 e. The lowest BCUT2D eigenvalue weighted by atomic mass is 9.92. The zero-order valence-electron chi connectivity index (χ0n) is 10.2. The number of Topliss-reactive ketones (excluding diaryl/α,β-unsaturated/α-hetero) is 1. The highest BCUT2D eigenvalue weighted by molar-refractivity contribution is 6.30. The molecule has 0 aromatic heterocycles. The topological polar surface area (TPSA) is 20.3 Å². The molecule has 92 valence electrons. The average Bonchev–Trinajstić information content (AvgIpc) is 2.29. The molecule has 3 heteroatoms. The second-order valence-electron chi connectivity index (χ2n) is 4.58. The molecule has 0 bridgehead atoms. The largest absolute Gasteiger partial charge is 0.302 e.